The van der Waals surface area contributed by atoms with Crippen molar-refractivity contribution in [1.82, 2.24) is 5.32 Å². The highest BCUT2D eigenvalue weighted by Gasteiger charge is 2.09. The number of rotatable bonds is 6. The van der Waals surface area contributed by atoms with E-state index < -0.39 is 0 Å². The van der Waals surface area contributed by atoms with E-state index in [0.717, 1.165) is 23.4 Å². The number of nitriles is 1. The molecule has 0 spiro atoms. The molecule has 2 rings (SSSR count). The van der Waals surface area contributed by atoms with Crippen molar-refractivity contribution in [3.05, 3.63) is 65.7 Å². The Hall–Kier alpha value is -2.31. The second kappa shape index (κ2) is 7.32. The molecule has 3 heteroatoms. The molecule has 0 saturated carbocycles. The van der Waals surface area contributed by atoms with Gasteiger partial charge in [0.05, 0.1) is 19.1 Å². The summed E-state index contributed by atoms with van der Waals surface area (Å²) in [6.07, 6.45) is 0. The highest BCUT2D eigenvalue weighted by molar-refractivity contribution is 5.28. The Morgan fingerprint density at radius 3 is 2.65 bits per heavy atom. The van der Waals surface area contributed by atoms with Gasteiger partial charge in [0.1, 0.15) is 5.75 Å². The maximum atomic E-state index is 9.25. The molecule has 0 bridgehead atoms. The van der Waals surface area contributed by atoms with Crippen molar-refractivity contribution in [2.24, 2.45) is 0 Å². The Morgan fingerprint density at radius 1 is 1.15 bits per heavy atom. The fraction of sp³-hybridized carbons (Fsp3) is 0.235. The molecular formula is C17H18N2O. The minimum atomic E-state index is -0.123. The second-order valence-corrected chi connectivity index (χ2v) is 4.57. The number of benzene rings is 2. The van der Waals surface area contributed by atoms with Crippen LogP contribution in [0.15, 0.2) is 54.6 Å². The number of ether oxygens (including phenoxy) is 1. The van der Waals surface area contributed by atoms with E-state index in [4.69, 9.17) is 4.74 Å². The molecule has 0 aromatic heterocycles. The Morgan fingerprint density at radius 2 is 1.95 bits per heavy atom. The first-order valence-electron chi connectivity index (χ1n) is 6.61. The van der Waals surface area contributed by atoms with Crippen LogP contribution in [-0.2, 0) is 6.54 Å². The van der Waals surface area contributed by atoms with Crippen molar-refractivity contribution in [2.45, 2.75) is 12.5 Å². The summed E-state index contributed by atoms with van der Waals surface area (Å²) < 4.78 is 5.19. The summed E-state index contributed by atoms with van der Waals surface area (Å²) in [4.78, 5) is 0. The Balaban J connectivity index is 1.90. The SMILES string of the molecule is COc1cccc(CNCC(C#N)c2ccccc2)c1. The van der Waals surface area contributed by atoms with Gasteiger partial charge in [-0.25, -0.2) is 0 Å². The van der Waals surface area contributed by atoms with Crippen LogP contribution in [0, 0.1) is 11.3 Å². The molecule has 20 heavy (non-hydrogen) atoms. The van der Waals surface area contributed by atoms with Crippen LogP contribution in [0.1, 0.15) is 17.0 Å². The van der Waals surface area contributed by atoms with Gasteiger partial charge in [-0.2, -0.15) is 5.26 Å². The smallest absolute Gasteiger partial charge is 0.119 e. The highest BCUT2D eigenvalue weighted by Crippen LogP contribution is 2.15. The van der Waals surface area contributed by atoms with Crippen molar-refractivity contribution < 1.29 is 4.74 Å². The zero-order valence-electron chi connectivity index (χ0n) is 11.5. The molecule has 102 valence electrons. The molecule has 0 radical (unpaired) electrons. The van der Waals surface area contributed by atoms with Crippen LogP contribution in [0.25, 0.3) is 0 Å². The third kappa shape index (κ3) is 3.84. The summed E-state index contributed by atoms with van der Waals surface area (Å²) in [6.45, 7) is 1.36. The van der Waals surface area contributed by atoms with Crippen molar-refractivity contribution >= 4 is 0 Å². The fourth-order valence-electron chi connectivity index (χ4n) is 2.07. The summed E-state index contributed by atoms with van der Waals surface area (Å²) in [7, 11) is 1.66. The van der Waals surface area contributed by atoms with E-state index in [0.29, 0.717) is 6.54 Å². The molecule has 0 fully saturated rings. The fourth-order valence-corrected chi connectivity index (χ4v) is 2.07. The first-order chi connectivity index (χ1) is 9.83. The quantitative estimate of drug-likeness (QED) is 0.874. The van der Waals surface area contributed by atoms with E-state index in [1.54, 1.807) is 7.11 Å². The number of nitrogens with zero attached hydrogens (tertiary/aromatic N) is 1. The molecule has 0 aliphatic carbocycles. The summed E-state index contributed by atoms with van der Waals surface area (Å²) in [5.74, 6) is 0.728. The lowest BCUT2D eigenvalue weighted by molar-refractivity contribution is 0.414. The largest absolute Gasteiger partial charge is 0.497 e. The molecule has 1 N–H and O–H groups in total. The van der Waals surface area contributed by atoms with E-state index in [2.05, 4.69) is 11.4 Å². The Bertz CT molecular complexity index is 575. The van der Waals surface area contributed by atoms with Crippen LogP contribution in [-0.4, -0.2) is 13.7 Å². The standard InChI is InChI=1S/C17H18N2O/c1-20-17-9-5-6-14(10-17)12-19-13-16(11-18)15-7-3-2-4-8-15/h2-10,16,19H,12-13H2,1H3. The first-order valence-corrected chi connectivity index (χ1v) is 6.61. The van der Waals surface area contributed by atoms with Crippen LogP contribution in [0.3, 0.4) is 0 Å². The van der Waals surface area contributed by atoms with Crippen LogP contribution in [0.4, 0.5) is 0 Å². The molecule has 1 atom stereocenters. The number of hydrogen-bond donors (Lipinski definition) is 1. The number of nitrogens with one attached hydrogen (secondary N) is 1. The Kier molecular flexibility index (Phi) is 5.16. The molecule has 0 aliphatic heterocycles. The van der Waals surface area contributed by atoms with Gasteiger partial charge >= 0.3 is 0 Å². The van der Waals surface area contributed by atoms with Gasteiger partial charge in [-0.1, -0.05) is 42.5 Å². The van der Waals surface area contributed by atoms with Gasteiger partial charge in [0.25, 0.3) is 0 Å². The lowest BCUT2D eigenvalue weighted by atomic mass is 10.0. The molecule has 3 nitrogen and oxygen atoms in total. The minimum absolute atomic E-state index is 0.123. The monoisotopic (exact) mass is 266 g/mol. The molecule has 2 aromatic carbocycles. The summed E-state index contributed by atoms with van der Waals surface area (Å²) >= 11 is 0. The van der Waals surface area contributed by atoms with Gasteiger partial charge in [0, 0.05) is 13.1 Å². The van der Waals surface area contributed by atoms with Crippen molar-refractivity contribution in [3.63, 3.8) is 0 Å². The van der Waals surface area contributed by atoms with E-state index in [-0.39, 0.29) is 5.92 Å². The predicted molar refractivity (Wildman–Crippen MR) is 79.5 cm³/mol. The van der Waals surface area contributed by atoms with Crippen LogP contribution >= 0.6 is 0 Å². The molecule has 0 amide bonds. The lowest BCUT2D eigenvalue weighted by Crippen LogP contribution is -2.20. The minimum Gasteiger partial charge on any atom is -0.497 e. The third-order valence-electron chi connectivity index (χ3n) is 3.17. The van der Waals surface area contributed by atoms with E-state index in [1.807, 2.05) is 54.6 Å². The van der Waals surface area contributed by atoms with Crippen molar-refractivity contribution in [2.75, 3.05) is 13.7 Å². The zero-order valence-corrected chi connectivity index (χ0v) is 11.5. The Labute approximate surface area is 119 Å². The molecule has 0 aliphatic rings. The van der Waals surface area contributed by atoms with Gasteiger partial charge in [-0.05, 0) is 23.3 Å². The van der Waals surface area contributed by atoms with Crippen LogP contribution < -0.4 is 10.1 Å². The summed E-state index contributed by atoms with van der Waals surface area (Å²) in [5.41, 5.74) is 2.20. The van der Waals surface area contributed by atoms with Crippen molar-refractivity contribution in [3.8, 4) is 11.8 Å². The molecule has 1 unspecified atom stereocenters. The maximum Gasteiger partial charge on any atom is 0.119 e. The van der Waals surface area contributed by atoms with E-state index in [9.17, 15) is 5.26 Å². The second-order valence-electron chi connectivity index (χ2n) is 4.57. The average Bonchev–Trinajstić information content (AvgIpc) is 2.52. The topological polar surface area (TPSA) is 45.0 Å². The predicted octanol–water partition coefficient (Wildman–Crippen LogP) is 3.09. The molecule has 0 saturated heterocycles. The summed E-state index contributed by atoms with van der Waals surface area (Å²) in [5, 5.41) is 12.6. The van der Waals surface area contributed by atoms with Gasteiger partial charge < -0.3 is 10.1 Å². The maximum absolute atomic E-state index is 9.25. The zero-order chi connectivity index (χ0) is 14.2. The van der Waals surface area contributed by atoms with E-state index >= 15 is 0 Å². The molecule has 2 aromatic rings. The van der Waals surface area contributed by atoms with Gasteiger partial charge in [0.15, 0.2) is 0 Å². The highest BCUT2D eigenvalue weighted by atomic mass is 16.5. The summed E-state index contributed by atoms with van der Waals surface area (Å²) in [6, 6.07) is 20.1. The molecule has 0 heterocycles. The first kappa shape index (κ1) is 14.1. The number of methoxy groups -OCH3 is 1. The molecular weight excluding hydrogens is 248 g/mol. The lowest BCUT2D eigenvalue weighted by Gasteiger charge is -2.11. The van der Waals surface area contributed by atoms with Crippen molar-refractivity contribution in [1.29, 1.82) is 5.26 Å². The van der Waals surface area contributed by atoms with Crippen LogP contribution in [0.2, 0.25) is 0 Å². The van der Waals surface area contributed by atoms with Gasteiger partial charge in [-0.3, -0.25) is 0 Å². The normalized spacial score (nSPS) is 11.6. The van der Waals surface area contributed by atoms with Gasteiger partial charge in [-0.15, -0.1) is 0 Å². The van der Waals surface area contributed by atoms with Gasteiger partial charge in [0.2, 0.25) is 0 Å². The number of hydrogen-bond acceptors (Lipinski definition) is 3. The van der Waals surface area contributed by atoms with E-state index in [1.165, 1.54) is 0 Å². The average molecular weight is 266 g/mol. The third-order valence-corrected chi connectivity index (χ3v) is 3.17. The van der Waals surface area contributed by atoms with Crippen LogP contribution in [0.5, 0.6) is 5.75 Å².